The summed E-state index contributed by atoms with van der Waals surface area (Å²) in [6.07, 6.45) is 0. The van der Waals surface area contributed by atoms with Gasteiger partial charge in [0, 0.05) is 33.7 Å². The highest BCUT2D eigenvalue weighted by molar-refractivity contribution is 6.13. The summed E-state index contributed by atoms with van der Waals surface area (Å²) in [5.41, 5.74) is 0.0448. The Labute approximate surface area is 119 Å². The lowest BCUT2D eigenvalue weighted by Crippen LogP contribution is -2.49. The fourth-order valence-corrected chi connectivity index (χ4v) is 2.37. The molecule has 0 bridgehead atoms. The molecule has 0 heterocycles. The molecule has 0 spiro atoms. The standard InChI is InChI=1S/C13H22ClN3O2/c1-13(2,3)8(15-14)7-17(6)10-9(16(4)5)11(18)12(10)19/h8,15H,7H2,1-6H3. The van der Waals surface area contributed by atoms with Gasteiger partial charge < -0.3 is 9.80 Å². The van der Waals surface area contributed by atoms with Crippen LogP contribution in [0.1, 0.15) is 20.8 Å². The van der Waals surface area contributed by atoms with Gasteiger partial charge in [0.25, 0.3) is 10.9 Å². The van der Waals surface area contributed by atoms with Crippen LogP contribution < -0.4 is 25.5 Å². The molecule has 0 radical (unpaired) electrons. The highest BCUT2D eigenvalue weighted by atomic mass is 35.5. The van der Waals surface area contributed by atoms with E-state index in [1.807, 2.05) is 0 Å². The predicted molar refractivity (Wildman–Crippen MR) is 81.2 cm³/mol. The van der Waals surface area contributed by atoms with Crippen LogP contribution in [0.5, 0.6) is 0 Å². The van der Waals surface area contributed by atoms with Crippen molar-refractivity contribution in [2.75, 3.05) is 37.5 Å². The van der Waals surface area contributed by atoms with Gasteiger partial charge in [0.1, 0.15) is 11.4 Å². The lowest BCUT2D eigenvalue weighted by molar-refractivity contribution is 0.305. The number of halogens is 1. The summed E-state index contributed by atoms with van der Waals surface area (Å²) in [6.45, 7) is 6.75. The SMILES string of the molecule is CN(C)c1c(N(C)CC(NCl)C(C)(C)C)c(=O)c1=O. The molecule has 0 saturated carbocycles. The zero-order valence-electron chi connectivity index (χ0n) is 12.4. The van der Waals surface area contributed by atoms with Crippen LogP contribution >= 0.6 is 11.8 Å². The van der Waals surface area contributed by atoms with Crippen LogP contribution in [0.3, 0.4) is 0 Å². The number of hydrogen-bond donors (Lipinski definition) is 1. The second-order valence-electron chi connectivity index (χ2n) is 6.16. The van der Waals surface area contributed by atoms with E-state index in [1.54, 1.807) is 30.9 Å². The minimum absolute atomic E-state index is 0.00131. The summed E-state index contributed by atoms with van der Waals surface area (Å²) in [5.74, 6) is 0. The monoisotopic (exact) mass is 287 g/mol. The van der Waals surface area contributed by atoms with Crippen molar-refractivity contribution in [2.24, 2.45) is 5.41 Å². The Bertz CT molecular complexity index is 513. The molecule has 0 saturated heterocycles. The second-order valence-corrected chi connectivity index (χ2v) is 6.38. The lowest BCUT2D eigenvalue weighted by atomic mass is 9.87. The Morgan fingerprint density at radius 3 is 1.95 bits per heavy atom. The smallest absolute Gasteiger partial charge is 0.253 e. The molecule has 1 unspecified atom stereocenters. The van der Waals surface area contributed by atoms with E-state index >= 15 is 0 Å². The maximum absolute atomic E-state index is 11.7. The molecule has 108 valence electrons. The van der Waals surface area contributed by atoms with Crippen molar-refractivity contribution in [3.63, 3.8) is 0 Å². The maximum atomic E-state index is 11.7. The molecule has 1 atom stereocenters. The van der Waals surface area contributed by atoms with E-state index in [1.165, 1.54) is 0 Å². The first-order valence-electron chi connectivity index (χ1n) is 6.19. The van der Waals surface area contributed by atoms with Crippen molar-refractivity contribution in [2.45, 2.75) is 26.8 Å². The molecule has 1 rings (SSSR count). The maximum Gasteiger partial charge on any atom is 0.253 e. The molecular weight excluding hydrogens is 266 g/mol. The largest absolute Gasteiger partial charge is 0.373 e. The quantitative estimate of drug-likeness (QED) is 0.645. The Hall–Kier alpha value is -1.07. The van der Waals surface area contributed by atoms with Crippen LogP contribution in [-0.2, 0) is 0 Å². The van der Waals surface area contributed by atoms with Crippen LogP contribution in [0.2, 0.25) is 0 Å². The van der Waals surface area contributed by atoms with Gasteiger partial charge in [0.05, 0.1) is 0 Å². The fourth-order valence-electron chi connectivity index (χ4n) is 1.97. The third-order valence-corrected chi connectivity index (χ3v) is 3.59. The molecule has 0 aliphatic rings. The van der Waals surface area contributed by atoms with Crippen LogP contribution in [0.4, 0.5) is 11.4 Å². The van der Waals surface area contributed by atoms with Crippen molar-refractivity contribution in [3.05, 3.63) is 20.4 Å². The van der Waals surface area contributed by atoms with Gasteiger partial charge in [-0.3, -0.25) is 9.59 Å². The molecule has 1 aromatic carbocycles. The molecule has 0 aliphatic heterocycles. The van der Waals surface area contributed by atoms with E-state index in [0.29, 0.717) is 17.9 Å². The van der Waals surface area contributed by atoms with Gasteiger partial charge in [-0.1, -0.05) is 20.8 Å². The molecule has 1 N–H and O–H groups in total. The van der Waals surface area contributed by atoms with Crippen LogP contribution in [0.25, 0.3) is 0 Å². The van der Waals surface area contributed by atoms with E-state index in [2.05, 4.69) is 25.6 Å². The zero-order chi connectivity index (χ0) is 15.0. The van der Waals surface area contributed by atoms with Crippen molar-refractivity contribution in [1.82, 2.24) is 4.84 Å². The Balaban J connectivity index is 2.97. The average molecular weight is 288 g/mol. The van der Waals surface area contributed by atoms with Crippen LogP contribution in [-0.4, -0.2) is 33.7 Å². The van der Waals surface area contributed by atoms with Gasteiger partial charge in [-0.2, -0.15) is 0 Å². The number of likely N-dealkylation sites (N-methyl/N-ethyl adjacent to an activating group) is 1. The fraction of sp³-hybridized carbons (Fsp3) is 0.692. The minimum atomic E-state index is -0.423. The van der Waals surface area contributed by atoms with Gasteiger partial charge in [0.15, 0.2) is 0 Å². The third-order valence-electron chi connectivity index (χ3n) is 3.32. The highest BCUT2D eigenvalue weighted by Crippen LogP contribution is 2.25. The minimum Gasteiger partial charge on any atom is -0.373 e. The number of nitrogens with zero attached hydrogens (tertiary/aromatic N) is 2. The molecular formula is C13H22ClN3O2. The summed E-state index contributed by atoms with van der Waals surface area (Å²) < 4.78 is 0. The van der Waals surface area contributed by atoms with E-state index < -0.39 is 10.9 Å². The Morgan fingerprint density at radius 2 is 1.58 bits per heavy atom. The topological polar surface area (TPSA) is 52.6 Å². The van der Waals surface area contributed by atoms with Crippen molar-refractivity contribution < 1.29 is 0 Å². The van der Waals surface area contributed by atoms with E-state index in [0.717, 1.165) is 0 Å². The van der Waals surface area contributed by atoms with Crippen LogP contribution in [0, 0.1) is 5.41 Å². The summed E-state index contributed by atoms with van der Waals surface area (Å²) in [7, 11) is 5.32. The molecule has 19 heavy (non-hydrogen) atoms. The first kappa shape index (κ1) is 16.0. The first-order chi connectivity index (χ1) is 8.61. The van der Waals surface area contributed by atoms with E-state index in [4.69, 9.17) is 11.8 Å². The number of hydrogen-bond acceptors (Lipinski definition) is 5. The van der Waals surface area contributed by atoms with Crippen molar-refractivity contribution in [1.29, 1.82) is 0 Å². The molecule has 5 nitrogen and oxygen atoms in total. The molecule has 0 amide bonds. The molecule has 1 aromatic rings. The number of nitrogens with one attached hydrogen (secondary N) is 1. The molecule has 0 aliphatic carbocycles. The summed E-state index contributed by atoms with van der Waals surface area (Å²) in [6, 6.07) is -0.00131. The third kappa shape index (κ3) is 3.09. The van der Waals surface area contributed by atoms with Gasteiger partial charge in [-0.15, -0.1) is 0 Å². The average Bonchev–Trinajstić information content (AvgIpc) is 2.28. The van der Waals surface area contributed by atoms with E-state index in [9.17, 15) is 9.59 Å². The van der Waals surface area contributed by atoms with Crippen LogP contribution in [0.15, 0.2) is 9.59 Å². The summed E-state index contributed by atoms with van der Waals surface area (Å²) >= 11 is 5.77. The van der Waals surface area contributed by atoms with Gasteiger partial charge in [-0.05, 0) is 17.2 Å². The van der Waals surface area contributed by atoms with Gasteiger partial charge in [-0.25, -0.2) is 4.84 Å². The molecule has 6 heteroatoms. The summed E-state index contributed by atoms with van der Waals surface area (Å²) in [4.78, 5) is 29.5. The summed E-state index contributed by atoms with van der Waals surface area (Å²) in [5, 5.41) is 0. The van der Waals surface area contributed by atoms with Crippen molar-refractivity contribution in [3.8, 4) is 0 Å². The lowest BCUT2D eigenvalue weighted by Gasteiger charge is -2.35. The Kier molecular flexibility index (Phi) is 4.63. The molecule has 0 fully saturated rings. The Morgan fingerprint density at radius 1 is 1.11 bits per heavy atom. The zero-order valence-corrected chi connectivity index (χ0v) is 13.1. The van der Waals surface area contributed by atoms with Gasteiger partial charge >= 0.3 is 0 Å². The number of anilines is 2. The first-order valence-corrected chi connectivity index (χ1v) is 6.57. The highest BCUT2D eigenvalue weighted by Gasteiger charge is 2.30. The predicted octanol–water partition coefficient (Wildman–Crippen LogP) is 0.943. The molecule has 0 aromatic heterocycles. The van der Waals surface area contributed by atoms with E-state index in [-0.39, 0.29) is 11.5 Å². The van der Waals surface area contributed by atoms with Gasteiger partial charge in [0.2, 0.25) is 0 Å². The van der Waals surface area contributed by atoms with Crippen molar-refractivity contribution >= 4 is 23.2 Å². The normalized spacial score (nSPS) is 13.6. The number of rotatable bonds is 5. The second kappa shape index (κ2) is 5.51.